The summed E-state index contributed by atoms with van der Waals surface area (Å²) in [6.45, 7) is 0. The third kappa shape index (κ3) is 5.20. The smallest absolute Gasteiger partial charge is 0.271 e. The number of carbonyl (C=O) groups excluding carboxylic acids is 2. The van der Waals surface area contributed by atoms with E-state index in [1.807, 2.05) is 6.07 Å². The Labute approximate surface area is 167 Å². The summed E-state index contributed by atoms with van der Waals surface area (Å²) in [7, 11) is 1.45. The Bertz CT molecular complexity index is 1030. The number of hydrazone groups is 1. The van der Waals surface area contributed by atoms with Crippen LogP contribution in [0.3, 0.4) is 0 Å². The second-order valence-electron chi connectivity index (χ2n) is 6.03. The minimum Gasteiger partial charge on any atom is -0.504 e. The van der Waals surface area contributed by atoms with Crippen molar-refractivity contribution in [1.29, 1.82) is 0 Å². The van der Waals surface area contributed by atoms with Crippen LogP contribution >= 0.6 is 0 Å². The van der Waals surface area contributed by atoms with Crippen LogP contribution in [-0.4, -0.2) is 30.2 Å². The normalized spacial score (nSPS) is 10.5. The molecular weight excluding hydrogens is 370 g/mol. The van der Waals surface area contributed by atoms with E-state index in [-0.39, 0.29) is 11.7 Å². The zero-order valence-corrected chi connectivity index (χ0v) is 15.6. The maximum Gasteiger partial charge on any atom is 0.271 e. The van der Waals surface area contributed by atoms with Crippen molar-refractivity contribution in [3.05, 3.63) is 89.5 Å². The van der Waals surface area contributed by atoms with Crippen LogP contribution < -0.4 is 15.5 Å². The third-order valence-corrected chi connectivity index (χ3v) is 4.02. The van der Waals surface area contributed by atoms with Gasteiger partial charge in [-0.2, -0.15) is 5.10 Å². The first-order valence-electron chi connectivity index (χ1n) is 8.73. The van der Waals surface area contributed by atoms with Gasteiger partial charge < -0.3 is 15.2 Å². The van der Waals surface area contributed by atoms with Crippen LogP contribution in [0.25, 0.3) is 0 Å². The Kier molecular flexibility index (Phi) is 6.22. The molecule has 146 valence electrons. The first kappa shape index (κ1) is 19.6. The molecule has 0 bridgehead atoms. The molecule has 3 aromatic carbocycles. The second kappa shape index (κ2) is 9.18. The van der Waals surface area contributed by atoms with Crippen LogP contribution in [0.2, 0.25) is 0 Å². The number of ether oxygens (including phenoxy) is 1. The maximum absolute atomic E-state index is 12.2. The average Bonchev–Trinajstić information content (AvgIpc) is 2.76. The molecule has 0 saturated heterocycles. The number of nitrogens with one attached hydrogen (secondary N) is 2. The lowest BCUT2D eigenvalue weighted by Gasteiger charge is -2.06. The molecule has 3 N–H and O–H groups in total. The summed E-state index contributed by atoms with van der Waals surface area (Å²) in [6, 6.07) is 20.0. The second-order valence-corrected chi connectivity index (χ2v) is 6.03. The Hall–Kier alpha value is -4.13. The van der Waals surface area contributed by atoms with Crippen molar-refractivity contribution >= 4 is 23.7 Å². The van der Waals surface area contributed by atoms with Crippen molar-refractivity contribution in [2.75, 3.05) is 12.4 Å². The standard InChI is InChI=1S/C22H19N3O4/c1-29-20-13-15(7-12-19(20)26)14-23-25-22(28)17-8-10-18(11-9-17)24-21(27)16-5-3-2-4-6-16/h2-14,26H,1H3,(H,24,27)(H,25,28)/b23-14+. The summed E-state index contributed by atoms with van der Waals surface area (Å²) in [5.74, 6) is -0.286. The average molecular weight is 389 g/mol. The molecule has 0 unspecified atom stereocenters. The lowest BCUT2D eigenvalue weighted by Crippen LogP contribution is -2.17. The summed E-state index contributed by atoms with van der Waals surface area (Å²) in [5, 5.41) is 16.2. The highest BCUT2D eigenvalue weighted by atomic mass is 16.5. The van der Waals surface area contributed by atoms with Crippen molar-refractivity contribution < 1.29 is 19.4 Å². The number of hydrogen-bond donors (Lipinski definition) is 3. The zero-order chi connectivity index (χ0) is 20.6. The molecule has 0 aliphatic carbocycles. The predicted molar refractivity (Wildman–Crippen MR) is 111 cm³/mol. The van der Waals surface area contributed by atoms with Gasteiger partial charge in [0.25, 0.3) is 11.8 Å². The fraction of sp³-hybridized carbons (Fsp3) is 0.0455. The largest absolute Gasteiger partial charge is 0.504 e. The van der Waals surface area contributed by atoms with E-state index in [0.717, 1.165) is 0 Å². The number of nitrogens with zero attached hydrogens (tertiary/aromatic N) is 1. The maximum atomic E-state index is 12.2. The van der Waals surface area contributed by atoms with Crippen LogP contribution in [0.4, 0.5) is 5.69 Å². The Morgan fingerprint density at radius 3 is 2.31 bits per heavy atom. The number of benzene rings is 3. The SMILES string of the molecule is COc1cc(/C=N/NC(=O)c2ccc(NC(=O)c3ccccc3)cc2)ccc1O. The van der Waals surface area contributed by atoms with E-state index >= 15 is 0 Å². The van der Waals surface area contributed by atoms with Crippen molar-refractivity contribution in [2.24, 2.45) is 5.10 Å². The van der Waals surface area contributed by atoms with Crippen LogP contribution in [0, 0.1) is 0 Å². The summed E-state index contributed by atoms with van der Waals surface area (Å²) in [4.78, 5) is 24.3. The van der Waals surface area contributed by atoms with Gasteiger partial charge in [-0.25, -0.2) is 5.43 Å². The first-order chi connectivity index (χ1) is 14.1. The fourth-order valence-corrected chi connectivity index (χ4v) is 2.50. The molecule has 0 heterocycles. The topological polar surface area (TPSA) is 100 Å². The molecule has 7 nitrogen and oxygen atoms in total. The van der Waals surface area contributed by atoms with Gasteiger partial charge in [0.1, 0.15) is 0 Å². The third-order valence-electron chi connectivity index (χ3n) is 4.02. The number of methoxy groups -OCH3 is 1. The Balaban J connectivity index is 1.58. The van der Waals surface area contributed by atoms with Gasteiger partial charge in [0, 0.05) is 16.8 Å². The monoisotopic (exact) mass is 389 g/mol. The van der Waals surface area contributed by atoms with Gasteiger partial charge in [-0.1, -0.05) is 18.2 Å². The molecule has 0 saturated carbocycles. The highest BCUT2D eigenvalue weighted by molar-refractivity contribution is 6.04. The molecule has 29 heavy (non-hydrogen) atoms. The molecule has 0 aliphatic rings. The number of phenols is 1. The van der Waals surface area contributed by atoms with Crippen LogP contribution in [0.5, 0.6) is 11.5 Å². The molecule has 0 aromatic heterocycles. The van der Waals surface area contributed by atoms with E-state index in [9.17, 15) is 14.7 Å². The Morgan fingerprint density at radius 1 is 0.931 bits per heavy atom. The van der Waals surface area contributed by atoms with E-state index < -0.39 is 5.91 Å². The number of amides is 2. The van der Waals surface area contributed by atoms with E-state index in [0.29, 0.717) is 28.1 Å². The summed E-state index contributed by atoms with van der Waals surface area (Å²) >= 11 is 0. The molecule has 0 fully saturated rings. The lowest BCUT2D eigenvalue weighted by molar-refractivity contribution is 0.0954. The quantitative estimate of drug-likeness (QED) is 0.444. The highest BCUT2D eigenvalue weighted by Gasteiger charge is 2.07. The van der Waals surface area contributed by atoms with Crippen molar-refractivity contribution in [3.8, 4) is 11.5 Å². The molecule has 0 spiro atoms. The van der Waals surface area contributed by atoms with Crippen LogP contribution in [0.15, 0.2) is 77.9 Å². The summed E-state index contributed by atoms with van der Waals surface area (Å²) in [6.07, 6.45) is 1.44. The molecule has 3 rings (SSSR count). The zero-order valence-electron chi connectivity index (χ0n) is 15.6. The summed E-state index contributed by atoms with van der Waals surface area (Å²) < 4.78 is 5.02. The van der Waals surface area contributed by atoms with E-state index in [2.05, 4.69) is 15.8 Å². The van der Waals surface area contributed by atoms with Crippen LogP contribution in [0.1, 0.15) is 26.3 Å². The first-order valence-corrected chi connectivity index (χ1v) is 8.73. The van der Waals surface area contributed by atoms with E-state index in [1.165, 1.54) is 19.4 Å². The van der Waals surface area contributed by atoms with Gasteiger partial charge in [-0.15, -0.1) is 0 Å². The lowest BCUT2D eigenvalue weighted by atomic mass is 10.1. The number of aromatic hydroxyl groups is 1. The molecule has 7 heteroatoms. The highest BCUT2D eigenvalue weighted by Crippen LogP contribution is 2.25. The number of phenolic OH excluding ortho intramolecular Hbond substituents is 1. The number of hydrogen-bond acceptors (Lipinski definition) is 5. The number of rotatable bonds is 6. The molecular formula is C22H19N3O4. The van der Waals surface area contributed by atoms with Gasteiger partial charge >= 0.3 is 0 Å². The van der Waals surface area contributed by atoms with Gasteiger partial charge in [-0.05, 0) is 60.2 Å². The van der Waals surface area contributed by atoms with Crippen LogP contribution in [-0.2, 0) is 0 Å². The van der Waals surface area contributed by atoms with Gasteiger partial charge in [0.15, 0.2) is 11.5 Å². The van der Waals surface area contributed by atoms with Crippen molar-refractivity contribution in [1.82, 2.24) is 5.43 Å². The van der Waals surface area contributed by atoms with Gasteiger partial charge in [-0.3, -0.25) is 9.59 Å². The van der Waals surface area contributed by atoms with Gasteiger partial charge in [0.05, 0.1) is 13.3 Å². The molecule has 0 radical (unpaired) electrons. The molecule has 0 aliphatic heterocycles. The predicted octanol–water partition coefficient (Wildman–Crippen LogP) is 3.42. The molecule has 0 atom stereocenters. The minimum absolute atomic E-state index is 0.0214. The van der Waals surface area contributed by atoms with E-state index in [1.54, 1.807) is 60.7 Å². The minimum atomic E-state index is -0.395. The summed E-state index contributed by atoms with van der Waals surface area (Å²) in [5.41, 5.74) is 4.60. The van der Waals surface area contributed by atoms with Crippen molar-refractivity contribution in [2.45, 2.75) is 0 Å². The van der Waals surface area contributed by atoms with E-state index in [4.69, 9.17) is 4.74 Å². The fourth-order valence-electron chi connectivity index (χ4n) is 2.50. The van der Waals surface area contributed by atoms with Gasteiger partial charge in [0.2, 0.25) is 0 Å². The number of anilines is 1. The number of carbonyl (C=O) groups is 2. The molecule has 2 amide bonds. The Morgan fingerprint density at radius 2 is 1.62 bits per heavy atom. The van der Waals surface area contributed by atoms with Crippen molar-refractivity contribution in [3.63, 3.8) is 0 Å². The molecule has 3 aromatic rings.